The van der Waals surface area contributed by atoms with E-state index in [1.54, 1.807) is 14.2 Å². The van der Waals surface area contributed by atoms with Crippen LogP contribution in [0.4, 0.5) is 0 Å². The van der Waals surface area contributed by atoms with Crippen LogP contribution in [0.3, 0.4) is 0 Å². The third kappa shape index (κ3) is 3.55. The predicted molar refractivity (Wildman–Crippen MR) is 64.9 cm³/mol. The Balaban J connectivity index is 4.74. The van der Waals surface area contributed by atoms with Crippen molar-refractivity contribution in [2.45, 2.75) is 58.6 Å². The highest BCUT2D eigenvalue weighted by Crippen LogP contribution is 2.30. The topological polar surface area (TPSA) is 27.7 Å². The first-order valence-corrected chi connectivity index (χ1v) is 7.81. The molecule has 0 aromatic heterocycles. The van der Waals surface area contributed by atoms with Gasteiger partial charge in [0.2, 0.25) is 0 Å². The minimum absolute atomic E-state index is 0.0751. The van der Waals surface area contributed by atoms with Crippen molar-refractivity contribution in [2.24, 2.45) is 0 Å². The SMILES string of the molecule is CCC(CC)(CC)O[Si](CC)(OC)OC. The van der Waals surface area contributed by atoms with Crippen LogP contribution in [0.15, 0.2) is 0 Å². The third-order valence-corrected chi connectivity index (χ3v) is 6.21. The van der Waals surface area contributed by atoms with Gasteiger partial charge >= 0.3 is 8.80 Å². The molecule has 0 bridgehead atoms. The van der Waals surface area contributed by atoms with E-state index in [2.05, 4.69) is 27.7 Å². The summed E-state index contributed by atoms with van der Waals surface area (Å²) in [5, 5.41) is 0. The maximum atomic E-state index is 6.22. The highest BCUT2D eigenvalue weighted by Gasteiger charge is 2.43. The molecule has 0 aliphatic heterocycles. The molecule has 15 heavy (non-hydrogen) atoms. The average Bonchev–Trinajstić information content (AvgIpc) is 2.33. The summed E-state index contributed by atoms with van der Waals surface area (Å²) in [6, 6.07) is 0.821. The molecule has 0 unspecified atom stereocenters. The van der Waals surface area contributed by atoms with Crippen molar-refractivity contribution >= 4 is 8.80 Å². The maximum absolute atomic E-state index is 6.22. The second-order valence-corrected chi connectivity index (χ2v) is 6.88. The Labute approximate surface area is 95.5 Å². The van der Waals surface area contributed by atoms with Gasteiger partial charge in [-0.15, -0.1) is 0 Å². The highest BCUT2D eigenvalue weighted by atomic mass is 28.4. The largest absolute Gasteiger partial charge is 0.500 e. The van der Waals surface area contributed by atoms with Crippen LogP contribution in [0, 0.1) is 0 Å². The average molecular weight is 234 g/mol. The van der Waals surface area contributed by atoms with Gasteiger partial charge in [-0.3, -0.25) is 0 Å². The molecule has 0 aliphatic carbocycles. The quantitative estimate of drug-likeness (QED) is 0.604. The van der Waals surface area contributed by atoms with Crippen LogP contribution in [0.5, 0.6) is 0 Å². The van der Waals surface area contributed by atoms with E-state index in [1.165, 1.54) is 0 Å². The smallest absolute Gasteiger partial charge is 0.377 e. The van der Waals surface area contributed by atoms with E-state index in [0.29, 0.717) is 0 Å². The highest BCUT2D eigenvalue weighted by molar-refractivity contribution is 6.60. The van der Waals surface area contributed by atoms with E-state index in [1.807, 2.05) is 0 Å². The Kier molecular flexibility index (Phi) is 6.67. The summed E-state index contributed by atoms with van der Waals surface area (Å²) in [6.45, 7) is 8.54. The first-order chi connectivity index (χ1) is 7.07. The van der Waals surface area contributed by atoms with Gasteiger partial charge in [0.1, 0.15) is 0 Å². The monoisotopic (exact) mass is 234 g/mol. The molecule has 4 heteroatoms. The van der Waals surface area contributed by atoms with E-state index >= 15 is 0 Å². The van der Waals surface area contributed by atoms with E-state index in [-0.39, 0.29) is 5.60 Å². The summed E-state index contributed by atoms with van der Waals surface area (Å²) in [6.07, 6.45) is 3.00. The molecule has 0 saturated carbocycles. The number of hydrogen-bond donors (Lipinski definition) is 0. The fraction of sp³-hybridized carbons (Fsp3) is 1.00. The molecule has 3 nitrogen and oxygen atoms in total. The van der Waals surface area contributed by atoms with Gasteiger partial charge in [0.05, 0.1) is 5.60 Å². The molecule has 0 heterocycles. The molecule has 0 aromatic rings. The molecule has 0 rings (SSSR count). The molecular weight excluding hydrogens is 208 g/mol. The molecule has 0 atom stereocenters. The molecule has 0 radical (unpaired) electrons. The standard InChI is InChI=1S/C11H26O3Si/c1-7-11(8-2,9-3)14-15(10-4,12-5)13-6/h7-10H2,1-6H3. The van der Waals surface area contributed by atoms with Crippen LogP contribution in [-0.2, 0) is 13.3 Å². The summed E-state index contributed by atoms with van der Waals surface area (Å²) >= 11 is 0. The molecule has 0 saturated heterocycles. The van der Waals surface area contributed by atoms with Gasteiger partial charge in [-0.2, -0.15) is 0 Å². The molecule has 0 aliphatic rings. The lowest BCUT2D eigenvalue weighted by molar-refractivity contribution is -0.0250. The zero-order valence-electron chi connectivity index (χ0n) is 11.1. The van der Waals surface area contributed by atoms with Gasteiger partial charge in [0, 0.05) is 20.3 Å². The zero-order valence-corrected chi connectivity index (χ0v) is 12.1. The van der Waals surface area contributed by atoms with Crippen molar-refractivity contribution in [3.63, 3.8) is 0 Å². The van der Waals surface area contributed by atoms with Gasteiger partial charge in [0.25, 0.3) is 0 Å². The summed E-state index contributed by atoms with van der Waals surface area (Å²) in [5.41, 5.74) is -0.0751. The fourth-order valence-corrected chi connectivity index (χ4v) is 3.97. The van der Waals surface area contributed by atoms with Crippen LogP contribution in [0.1, 0.15) is 47.0 Å². The lowest BCUT2D eigenvalue weighted by Crippen LogP contribution is -2.51. The van der Waals surface area contributed by atoms with E-state index in [0.717, 1.165) is 25.3 Å². The van der Waals surface area contributed by atoms with Crippen LogP contribution in [-0.4, -0.2) is 28.6 Å². The molecule has 92 valence electrons. The van der Waals surface area contributed by atoms with Crippen molar-refractivity contribution in [3.8, 4) is 0 Å². The first-order valence-electron chi connectivity index (χ1n) is 5.88. The van der Waals surface area contributed by atoms with Gasteiger partial charge in [0.15, 0.2) is 0 Å². The lowest BCUT2D eigenvalue weighted by atomic mass is 9.95. The van der Waals surface area contributed by atoms with Crippen molar-refractivity contribution in [3.05, 3.63) is 0 Å². The molecule has 0 N–H and O–H groups in total. The van der Waals surface area contributed by atoms with Crippen molar-refractivity contribution < 1.29 is 13.3 Å². The van der Waals surface area contributed by atoms with Crippen molar-refractivity contribution in [1.82, 2.24) is 0 Å². The van der Waals surface area contributed by atoms with Gasteiger partial charge in [-0.1, -0.05) is 27.7 Å². The first kappa shape index (κ1) is 15.1. The summed E-state index contributed by atoms with van der Waals surface area (Å²) in [5.74, 6) is 0. The van der Waals surface area contributed by atoms with Gasteiger partial charge in [-0.25, -0.2) is 0 Å². The van der Waals surface area contributed by atoms with Crippen LogP contribution < -0.4 is 0 Å². The van der Waals surface area contributed by atoms with Crippen LogP contribution >= 0.6 is 0 Å². The van der Waals surface area contributed by atoms with Crippen molar-refractivity contribution in [2.75, 3.05) is 14.2 Å². The number of rotatable bonds is 8. The number of hydrogen-bond acceptors (Lipinski definition) is 3. The normalized spacial score (nSPS) is 13.2. The Hall–Kier alpha value is 0.0969. The summed E-state index contributed by atoms with van der Waals surface area (Å²) < 4.78 is 17.2. The molecule has 0 amide bonds. The Morgan fingerprint density at radius 1 is 0.867 bits per heavy atom. The summed E-state index contributed by atoms with van der Waals surface area (Å²) in [7, 11) is 0.955. The maximum Gasteiger partial charge on any atom is 0.500 e. The van der Waals surface area contributed by atoms with Crippen molar-refractivity contribution in [1.29, 1.82) is 0 Å². The van der Waals surface area contributed by atoms with E-state index in [4.69, 9.17) is 13.3 Å². The minimum atomic E-state index is -2.42. The van der Waals surface area contributed by atoms with E-state index < -0.39 is 8.80 Å². The molecular formula is C11H26O3Si. The van der Waals surface area contributed by atoms with E-state index in [9.17, 15) is 0 Å². The summed E-state index contributed by atoms with van der Waals surface area (Å²) in [4.78, 5) is 0. The van der Waals surface area contributed by atoms with Gasteiger partial charge in [-0.05, 0) is 19.3 Å². The molecule has 0 aromatic carbocycles. The van der Waals surface area contributed by atoms with Crippen LogP contribution in [0.2, 0.25) is 6.04 Å². The predicted octanol–water partition coefficient (Wildman–Crippen LogP) is 3.22. The third-order valence-electron chi connectivity index (χ3n) is 3.36. The second-order valence-electron chi connectivity index (χ2n) is 3.79. The Morgan fingerprint density at radius 2 is 1.27 bits per heavy atom. The lowest BCUT2D eigenvalue weighted by Gasteiger charge is -2.38. The fourth-order valence-electron chi connectivity index (χ4n) is 1.82. The Morgan fingerprint density at radius 3 is 1.47 bits per heavy atom. The second kappa shape index (κ2) is 6.63. The Bertz CT molecular complexity index is 131. The molecule has 0 fully saturated rings. The zero-order chi connectivity index (χ0) is 11.9. The molecule has 0 spiro atoms. The van der Waals surface area contributed by atoms with Crippen LogP contribution in [0.25, 0.3) is 0 Å². The van der Waals surface area contributed by atoms with Gasteiger partial charge < -0.3 is 13.3 Å². The minimum Gasteiger partial charge on any atom is -0.377 e.